The van der Waals surface area contributed by atoms with Gasteiger partial charge in [-0.1, -0.05) is 151 Å². The minimum absolute atomic E-state index is 0. The summed E-state index contributed by atoms with van der Waals surface area (Å²) >= 11 is 0. The first kappa shape index (κ1) is 41.3. The zero-order valence-electron chi connectivity index (χ0n) is 35.9. The largest absolute Gasteiger partial charge is 0.500 e. The monoisotopic (exact) mass is 978 g/mol. The van der Waals surface area contributed by atoms with E-state index >= 15 is 0 Å². The molecule has 0 unspecified atom stereocenters. The molecular weight excluding hydrogens is 927 g/mol. The molecule has 3 aromatic heterocycles. The van der Waals surface area contributed by atoms with Crippen molar-refractivity contribution in [3.63, 3.8) is 0 Å². The summed E-state index contributed by atoms with van der Waals surface area (Å²) in [6, 6.07) is 51.6. The molecule has 3 heterocycles. The van der Waals surface area contributed by atoms with E-state index in [1.54, 1.807) is 0 Å². The van der Waals surface area contributed by atoms with Crippen LogP contribution in [-0.2, 0) is 25.5 Å². The minimum atomic E-state index is -1.23. The van der Waals surface area contributed by atoms with E-state index in [-0.39, 0.29) is 25.5 Å². The Morgan fingerprint density at radius 3 is 2.05 bits per heavy atom. The maximum Gasteiger partial charge on any atom is 0.129 e. The van der Waals surface area contributed by atoms with Crippen molar-refractivity contribution < 1.29 is 24.5 Å². The number of pyridine rings is 1. The maximum atomic E-state index is 6.99. The Balaban J connectivity index is 0.000000248. The van der Waals surface area contributed by atoms with Crippen LogP contribution in [0.25, 0.3) is 72.4 Å². The van der Waals surface area contributed by atoms with Gasteiger partial charge in [0, 0.05) is 48.4 Å². The number of hydrogen-bond donors (Lipinski definition) is 0. The van der Waals surface area contributed by atoms with Crippen molar-refractivity contribution in [1.29, 1.82) is 0 Å². The molecule has 4 nitrogen and oxygen atoms in total. The average molecular weight is 978 g/mol. The quantitative estimate of drug-likeness (QED) is 0.123. The number of hydrogen-bond acceptors (Lipinski definition) is 3. The zero-order chi connectivity index (χ0) is 41.2. The van der Waals surface area contributed by atoms with Crippen molar-refractivity contribution in [1.82, 2.24) is 14.5 Å². The summed E-state index contributed by atoms with van der Waals surface area (Å²) in [7, 11) is -1.23. The van der Waals surface area contributed by atoms with Gasteiger partial charge in [0.1, 0.15) is 5.58 Å². The first-order chi connectivity index (χ1) is 28.3. The Morgan fingerprint density at radius 2 is 1.37 bits per heavy atom. The number of furan rings is 1. The van der Waals surface area contributed by atoms with Crippen LogP contribution in [-0.4, -0.2) is 22.6 Å². The minimum Gasteiger partial charge on any atom is -0.500 e. The van der Waals surface area contributed by atoms with E-state index < -0.39 is 8.07 Å². The van der Waals surface area contributed by atoms with E-state index in [1.165, 1.54) is 44.3 Å². The van der Waals surface area contributed by atoms with Crippen LogP contribution in [0.5, 0.6) is 0 Å². The molecule has 0 fully saturated rings. The third-order valence-corrected chi connectivity index (χ3v) is 14.1. The topological polar surface area (TPSA) is 43.9 Å². The molecule has 303 valence electrons. The number of benzene rings is 6. The molecule has 1 aliphatic rings. The van der Waals surface area contributed by atoms with Gasteiger partial charge in [-0.3, -0.25) is 4.98 Å². The van der Waals surface area contributed by atoms with Gasteiger partial charge in [-0.15, -0.1) is 54.1 Å². The maximum absolute atomic E-state index is 6.99. The van der Waals surface area contributed by atoms with Crippen molar-refractivity contribution >= 4 is 46.2 Å². The molecule has 0 N–H and O–H groups in total. The molecule has 0 saturated carbocycles. The van der Waals surface area contributed by atoms with Crippen LogP contribution in [0, 0.1) is 12.1 Å². The Labute approximate surface area is 369 Å². The van der Waals surface area contributed by atoms with Crippen molar-refractivity contribution in [2.45, 2.75) is 78.4 Å². The van der Waals surface area contributed by atoms with Crippen molar-refractivity contribution in [3.05, 3.63) is 168 Å². The van der Waals surface area contributed by atoms with Crippen LogP contribution < -0.4 is 5.19 Å². The molecule has 0 aliphatic heterocycles. The van der Waals surface area contributed by atoms with Crippen molar-refractivity contribution in [2.24, 2.45) is 0 Å². The second-order valence-corrected chi connectivity index (χ2v) is 23.1. The molecule has 1 radical (unpaired) electrons. The van der Waals surface area contributed by atoms with E-state index in [0.29, 0.717) is 11.8 Å². The van der Waals surface area contributed by atoms with Gasteiger partial charge < -0.3 is 14.0 Å². The fourth-order valence-corrected chi connectivity index (χ4v) is 9.93. The fraction of sp³-hybridized carbons (Fsp3) is 0.222. The summed E-state index contributed by atoms with van der Waals surface area (Å²) in [5, 5.41) is 3.62. The second-order valence-electron chi connectivity index (χ2n) is 18.0. The zero-order valence-corrected chi connectivity index (χ0v) is 39.3. The predicted octanol–water partition coefficient (Wildman–Crippen LogP) is 14.0. The molecule has 0 bridgehead atoms. The van der Waals surface area contributed by atoms with Crippen LogP contribution in [0.2, 0.25) is 19.6 Å². The third kappa shape index (κ3) is 6.99. The number of imidazole rings is 1. The first-order valence-corrected chi connectivity index (χ1v) is 24.4. The van der Waals surface area contributed by atoms with Gasteiger partial charge in [-0.25, -0.2) is 0 Å². The van der Waals surface area contributed by atoms with Crippen molar-refractivity contribution in [2.75, 3.05) is 0 Å². The molecular formula is C54H51IrN3OSi-2. The van der Waals surface area contributed by atoms with E-state index in [2.05, 4.69) is 180 Å². The third-order valence-electron chi connectivity index (χ3n) is 12.1. The molecule has 1 aliphatic carbocycles. The van der Waals surface area contributed by atoms with Crippen LogP contribution >= 0.6 is 0 Å². The molecule has 60 heavy (non-hydrogen) atoms. The molecule has 0 atom stereocenters. The van der Waals surface area contributed by atoms with E-state index in [1.807, 2.05) is 36.5 Å². The Hall–Kier alpha value is -5.39. The number of nitrogens with zero attached hydrogens (tertiary/aromatic N) is 3. The molecule has 0 amide bonds. The van der Waals surface area contributed by atoms with Gasteiger partial charge in [0.2, 0.25) is 0 Å². The van der Waals surface area contributed by atoms with Gasteiger partial charge in [0.05, 0.1) is 30.5 Å². The van der Waals surface area contributed by atoms with Gasteiger partial charge in [0.15, 0.2) is 0 Å². The summed E-state index contributed by atoms with van der Waals surface area (Å²) in [5.41, 5.74) is 15.6. The van der Waals surface area contributed by atoms with Crippen LogP contribution in [0.4, 0.5) is 0 Å². The summed E-state index contributed by atoms with van der Waals surface area (Å²) in [6.45, 7) is 20.7. The van der Waals surface area contributed by atoms with Crippen LogP contribution in [0.15, 0.2) is 138 Å². The van der Waals surface area contributed by atoms with Gasteiger partial charge in [0.25, 0.3) is 0 Å². The molecule has 6 heteroatoms. The molecule has 0 saturated heterocycles. The fourth-order valence-electron chi connectivity index (χ4n) is 8.89. The second kappa shape index (κ2) is 15.9. The first-order valence-electron chi connectivity index (χ1n) is 20.9. The Bertz CT molecular complexity index is 2980. The SMILES string of the molecule is CC(C)c1cccc(C(C)C)c1-n1c(-c2[c-]ccc3c2oc2c4c(ccc23)C(C)(C)c2ccccc2-4)nc2ccccc21.C[Si](C)(C)c1ccc(-c2[c-]cccc2)nc1.[Ir]. The van der Waals surface area contributed by atoms with Crippen LogP contribution in [0.1, 0.15) is 75.6 Å². The number of para-hydroxylation sites is 3. The summed E-state index contributed by atoms with van der Waals surface area (Å²) in [4.78, 5) is 9.80. The number of fused-ring (bicyclic) bond motifs is 8. The van der Waals surface area contributed by atoms with Gasteiger partial charge in [-0.2, -0.15) is 0 Å². The molecule has 9 aromatic rings. The summed E-state index contributed by atoms with van der Waals surface area (Å²) in [6.07, 6.45) is 2.02. The molecule has 0 spiro atoms. The van der Waals surface area contributed by atoms with E-state index in [4.69, 9.17) is 9.40 Å². The molecule has 6 aromatic carbocycles. The van der Waals surface area contributed by atoms with E-state index in [9.17, 15) is 0 Å². The number of aromatic nitrogens is 3. The van der Waals surface area contributed by atoms with Gasteiger partial charge >= 0.3 is 0 Å². The van der Waals surface area contributed by atoms with Crippen LogP contribution in [0.3, 0.4) is 0 Å². The average Bonchev–Trinajstić information content (AvgIpc) is 3.89. The Morgan fingerprint density at radius 1 is 0.667 bits per heavy atom. The number of rotatable bonds is 6. The van der Waals surface area contributed by atoms with E-state index in [0.717, 1.165) is 55.6 Å². The summed E-state index contributed by atoms with van der Waals surface area (Å²) < 4.78 is 9.35. The molecule has 10 rings (SSSR count). The summed E-state index contributed by atoms with van der Waals surface area (Å²) in [5.74, 6) is 1.55. The smallest absolute Gasteiger partial charge is 0.129 e. The standard InChI is InChI=1S/C40H35N2O.C14H16NSi.Ir/c1-23(2)25-14-11-15-26(24(3)4)36(25)42-34-20-10-9-19-33(34)41-39(42)30-17-12-16-27-28-21-22-32-35(38(28)43-37(27)30)29-13-7-8-18-31(29)40(32,5)6;1-16(2,3)13-9-10-14(15-11-13)12-7-5-4-6-8-12;/h7-16,18-24H,1-6H3;4-7,9-11H,1-3H3;/q2*-1;. The normalized spacial score (nSPS) is 13.1. The van der Waals surface area contributed by atoms with Crippen molar-refractivity contribution in [3.8, 4) is 39.5 Å². The Kier molecular flexibility index (Phi) is 11.0. The van der Waals surface area contributed by atoms with Gasteiger partial charge in [-0.05, 0) is 62.7 Å². The predicted molar refractivity (Wildman–Crippen MR) is 250 cm³/mol.